The molecule has 7 nitrogen and oxygen atoms in total. The second-order valence-corrected chi connectivity index (χ2v) is 9.45. The fourth-order valence-electron chi connectivity index (χ4n) is 4.06. The van der Waals surface area contributed by atoms with Crippen molar-refractivity contribution in [2.75, 3.05) is 46.4 Å². The zero-order valence-electron chi connectivity index (χ0n) is 19.6. The molecule has 0 unspecified atom stereocenters. The summed E-state index contributed by atoms with van der Waals surface area (Å²) < 4.78 is 7.35. The van der Waals surface area contributed by atoms with Crippen LogP contribution in [0.1, 0.15) is 22.8 Å². The Morgan fingerprint density at radius 3 is 2.53 bits per heavy atom. The fraction of sp³-hybridized carbons (Fsp3) is 0.400. The van der Waals surface area contributed by atoms with E-state index in [1.165, 1.54) is 0 Å². The van der Waals surface area contributed by atoms with Crippen molar-refractivity contribution < 1.29 is 9.53 Å². The summed E-state index contributed by atoms with van der Waals surface area (Å²) in [5.41, 5.74) is 2.59. The maximum atomic E-state index is 13.3. The molecule has 0 radical (unpaired) electrons. The normalized spacial score (nSPS) is 14.5. The molecule has 1 aliphatic heterocycles. The summed E-state index contributed by atoms with van der Waals surface area (Å²) in [7, 11) is 1.68. The summed E-state index contributed by atoms with van der Waals surface area (Å²) in [6, 6.07) is 15.5. The van der Waals surface area contributed by atoms with Crippen LogP contribution in [-0.2, 0) is 17.0 Å². The number of carbonyl (C=O) groups excluding carboxylic acids is 1. The van der Waals surface area contributed by atoms with Gasteiger partial charge in [0.25, 0.3) is 5.91 Å². The average molecular weight is 500 g/mol. The Morgan fingerprint density at radius 2 is 1.79 bits per heavy atom. The maximum Gasteiger partial charge on any atom is 0.254 e. The van der Waals surface area contributed by atoms with Gasteiger partial charge in [0.1, 0.15) is 0 Å². The highest BCUT2D eigenvalue weighted by atomic mass is 35.5. The Labute approximate surface area is 210 Å². The van der Waals surface area contributed by atoms with Gasteiger partial charge in [-0.05, 0) is 30.3 Å². The summed E-state index contributed by atoms with van der Waals surface area (Å²) in [5.74, 6) is 1.43. The minimum absolute atomic E-state index is 0.101. The topological polar surface area (TPSA) is 63.5 Å². The first kappa shape index (κ1) is 24.7. The summed E-state index contributed by atoms with van der Waals surface area (Å²) in [4.78, 5) is 17.6. The van der Waals surface area contributed by atoms with Gasteiger partial charge in [0, 0.05) is 50.2 Å². The molecule has 0 spiro atoms. The molecule has 3 aromatic rings. The van der Waals surface area contributed by atoms with E-state index in [4.69, 9.17) is 16.3 Å². The van der Waals surface area contributed by atoms with Gasteiger partial charge in [-0.25, -0.2) is 0 Å². The van der Waals surface area contributed by atoms with Crippen LogP contribution in [0, 0.1) is 0 Å². The fourth-order valence-corrected chi connectivity index (χ4v) is 5.24. The lowest BCUT2D eigenvalue weighted by Crippen LogP contribution is -2.48. The number of rotatable bonds is 9. The van der Waals surface area contributed by atoms with E-state index >= 15 is 0 Å². The highest BCUT2D eigenvalue weighted by Gasteiger charge is 2.23. The molecule has 4 rings (SSSR count). The van der Waals surface area contributed by atoms with Gasteiger partial charge in [0.15, 0.2) is 11.0 Å². The van der Waals surface area contributed by atoms with E-state index in [0.29, 0.717) is 29.8 Å². The first-order valence-corrected chi connectivity index (χ1v) is 12.9. The molecule has 9 heteroatoms. The number of ether oxygens (including phenoxy) is 1. The van der Waals surface area contributed by atoms with E-state index in [1.807, 2.05) is 58.0 Å². The Kier molecular flexibility index (Phi) is 8.61. The summed E-state index contributed by atoms with van der Waals surface area (Å²) in [5, 5.41) is 10.3. The van der Waals surface area contributed by atoms with Crippen LogP contribution in [0.2, 0.25) is 5.02 Å². The number of amides is 1. The zero-order valence-corrected chi connectivity index (χ0v) is 21.2. The van der Waals surface area contributed by atoms with Crippen LogP contribution in [0.15, 0.2) is 53.7 Å². The van der Waals surface area contributed by atoms with Crippen LogP contribution >= 0.6 is 23.4 Å². The monoisotopic (exact) mass is 499 g/mol. The predicted octanol–water partition coefficient (Wildman–Crippen LogP) is 4.31. The van der Waals surface area contributed by atoms with Crippen LogP contribution < -0.4 is 0 Å². The van der Waals surface area contributed by atoms with E-state index < -0.39 is 0 Å². The molecule has 1 saturated heterocycles. The van der Waals surface area contributed by atoms with Gasteiger partial charge in [-0.15, -0.1) is 10.2 Å². The van der Waals surface area contributed by atoms with Gasteiger partial charge in [-0.1, -0.05) is 60.6 Å². The standard InChI is InChI=1S/C25H30ClN5O2S/c1-3-29-12-14-30(15-13-29)24(32)20-9-5-4-8-19(20)18-34-25-28-27-23(31(25)16-17-33-2)21-10-6-7-11-22(21)26/h4-11H,3,12-18H2,1-2H3. The van der Waals surface area contributed by atoms with Crippen LogP contribution in [0.4, 0.5) is 0 Å². The lowest BCUT2D eigenvalue weighted by molar-refractivity contribution is 0.0642. The highest BCUT2D eigenvalue weighted by Crippen LogP contribution is 2.31. The minimum atomic E-state index is 0.101. The zero-order chi connectivity index (χ0) is 23.9. The summed E-state index contributed by atoms with van der Waals surface area (Å²) in [6.07, 6.45) is 0. The molecule has 0 atom stereocenters. The molecular formula is C25H30ClN5O2S. The van der Waals surface area contributed by atoms with Crippen LogP contribution in [-0.4, -0.2) is 76.9 Å². The van der Waals surface area contributed by atoms with Crippen LogP contribution in [0.5, 0.6) is 0 Å². The van der Waals surface area contributed by atoms with Crippen molar-refractivity contribution in [1.82, 2.24) is 24.6 Å². The second kappa shape index (κ2) is 11.8. The number of likely N-dealkylation sites (N-methyl/N-ethyl adjacent to an activating group) is 1. The number of thioether (sulfide) groups is 1. The van der Waals surface area contributed by atoms with Gasteiger partial charge in [0.2, 0.25) is 0 Å². The quantitative estimate of drug-likeness (QED) is 0.409. The lowest BCUT2D eigenvalue weighted by Gasteiger charge is -2.34. The van der Waals surface area contributed by atoms with E-state index in [1.54, 1.807) is 18.9 Å². The molecule has 0 saturated carbocycles. The van der Waals surface area contributed by atoms with Gasteiger partial charge in [0.05, 0.1) is 18.2 Å². The maximum absolute atomic E-state index is 13.3. The summed E-state index contributed by atoms with van der Waals surface area (Å²) >= 11 is 8.00. The lowest BCUT2D eigenvalue weighted by atomic mass is 10.1. The van der Waals surface area contributed by atoms with Gasteiger partial charge in [-0.3, -0.25) is 9.36 Å². The Hall–Kier alpha value is -2.39. The third-order valence-corrected chi connectivity index (χ3v) is 7.41. The molecule has 180 valence electrons. The second-order valence-electron chi connectivity index (χ2n) is 8.10. The number of carbonyl (C=O) groups is 1. The van der Waals surface area contributed by atoms with E-state index in [9.17, 15) is 4.79 Å². The smallest absolute Gasteiger partial charge is 0.254 e. The van der Waals surface area contributed by atoms with E-state index in [-0.39, 0.29) is 5.91 Å². The van der Waals surface area contributed by atoms with Crippen molar-refractivity contribution in [1.29, 1.82) is 0 Å². The first-order valence-electron chi connectivity index (χ1n) is 11.5. The number of nitrogens with zero attached hydrogens (tertiary/aromatic N) is 5. The predicted molar refractivity (Wildman–Crippen MR) is 136 cm³/mol. The van der Waals surface area contributed by atoms with Gasteiger partial charge >= 0.3 is 0 Å². The first-order chi connectivity index (χ1) is 16.6. The minimum Gasteiger partial charge on any atom is -0.383 e. The molecule has 1 aromatic heterocycles. The van der Waals surface area contributed by atoms with Crippen molar-refractivity contribution in [2.24, 2.45) is 0 Å². The van der Waals surface area contributed by atoms with E-state index in [0.717, 1.165) is 54.6 Å². The molecule has 1 aliphatic rings. The number of methoxy groups -OCH3 is 1. The molecular weight excluding hydrogens is 470 g/mol. The number of hydrogen-bond acceptors (Lipinski definition) is 6. The molecule has 0 bridgehead atoms. The van der Waals surface area contributed by atoms with E-state index in [2.05, 4.69) is 22.0 Å². The molecule has 34 heavy (non-hydrogen) atoms. The van der Waals surface area contributed by atoms with Crippen molar-refractivity contribution in [2.45, 2.75) is 24.4 Å². The number of hydrogen-bond donors (Lipinski definition) is 0. The van der Waals surface area contributed by atoms with Crippen molar-refractivity contribution >= 4 is 29.3 Å². The third kappa shape index (κ3) is 5.63. The molecule has 0 aliphatic carbocycles. The number of benzene rings is 2. The van der Waals surface area contributed by atoms with Gasteiger partial charge in [-0.2, -0.15) is 0 Å². The Bertz CT molecular complexity index is 1110. The molecule has 2 heterocycles. The number of aromatic nitrogens is 3. The molecule has 0 N–H and O–H groups in total. The molecule has 1 fully saturated rings. The third-order valence-electron chi connectivity index (χ3n) is 6.06. The average Bonchev–Trinajstić information content (AvgIpc) is 3.28. The van der Waals surface area contributed by atoms with Crippen molar-refractivity contribution in [3.8, 4) is 11.4 Å². The Morgan fingerprint density at radius 1 is 1.06 bits per heavy atom. The van der Waals surface area contributed by atoms with Gasteiger partial charge < -0.3 is 14.5 Å². The molecule has 2 aromatic carbocycles. The Balaban J connectivity index is 1.53. The summed E-state index contributed by atoms with van der Waals surface area (Å²) in [6.45, 7) is 7.69. The van der Waals surface area contributed by atoms with Crippen LogP contribution in [0.3, 0.4) is 0 Å². The SMILES string of the molecule is CCN1CCN(C(=O)c2ccccc2CSc2nnc(-c3ccccc3Cl)n2CCOC)CC1. The van der Waals surface area contributed by atoms with Crippen molar-refractivity contribution in [3.63, 3.8) is 0 Å². The number of halogens is 1. The van der Waals surface area contributed by atoms with Crippen LogP contribution in [0.25, 0.3) is 11.4 Å². The molecule has 1 amide bonds. The largest absolute Gasteiger partial charge is 0.383 e. The number of piperazine rings is 1. The highest BCUT2D eigenvalue weighted by molar-refractivity contribution is 7.98. The van der Waals surface area contributed by atoms with Crippen molar-refractivity contribution in [3.05, 3.63) is 64.7 Å².